The minimum Gasteiger partial charge on any atom is -0.602 e. The molecule has 116 valence electrons. The Hall–Kier alpha value is -1.31. The van der Waals surface area contributed by atoms with Crippen LogP contribution in [0.25, 0.3) is 5.57 Å². The van der Waals surface area contributed by atoms with Crippen molar-refractivity contribution < 1.29 is 31.2 Å². The third-order valence-corrected chi connectivity index (χ3v) is 4.00. The van der Waals surface area contributed by atoms with E-state index in [1.54, 1.807) is 0 Å². The minimum atomic E-state index is -2.70. The van der Waals surface area contributed by atoms with Gasteiger partial charge in [0.1, 0.15) is 0 Å². The summed E-state index contributed by atoms with van der Waals surface area (Å²) < 4.78 is 11.2. The van der Waals surface area contributed by atoms with Gasteiger partial charge in [-0.2, -0.15) is 0 Å². The van der Waals surface area contributed by atoms with Crippen LogP contribution < -0.4 is 4.89 Å². The van der Waals surface area contributed by atoms with Crippen molar-refractivity contribution in [2.45, 2.75) is 20.3 Å². The van der Waals surface area contributed by atoms with E-state index in [-0.39, 0.29) is 21.7 Å². The standard InChI is InChI=1S/C19H18O2P.Ti/c1-15(13-17-9-5-3-6-10-17)16(2)19(14-22(20)21)18-11-7-4-8-12-18;/h3-12H,13H2,1-2H3;/q-1;. The maximum absolute atomic E-state index is 11.2. The monoisotopic (exact) mass is 357 g/mol. The average Bonchev–Trinajstić information content (AvgIpc) is 2.53. The Balaban J connectivity index is 0.00000264. The molecule has 2 aromatic carbocycles. The number of hydrogen-bond donors (Lipinski definition) is 0. The van der Waals surface area contributed by atoms with Gasteiger partial charge in [-0.1, -0.05) is 66.9 Å². The molecule has 0 fully saturated rings. The van der Waals surface area contributed by atoms with Gasteiger partial charge in [-0.15, -0.1) is 34.4 Å². The van der Waals surface area contributed by atoms with Crippen molar-refractivity contribution in [2.75, 3.05) is 0 Å². The zero-order valence-corrected chi connectivity index (χ0v) is 15.7. The summed E-state index contributed by atoms with van der Waals surface area (Å²) in [6, 6.07) is 19.7. The molecule has 0 radical (unpaired) electrons. The molecule has 0 amide bonds. The molecule has 0 bridgehead atoms. The van der Waals surface area contributed by atoms with E-state index in [1.807, 2.05) is 62.4 Å². The Morgan fingerprint density at radius 2 is 1.52 bits per heavy atom. The first-order chi connectivity index (χ1) is 10.6. The molecular weight excluding hydrogens is 339 g/mol. The normalized spacial score (nSPS) is 13.0. The second-order valence-electron chi connectivity index (χ2n) is 5.18. The quantitative estimate of drug-likeness (QED) is 0.342. The predicted molar refractivity (Wildman–Crippen MR) is 89.2 cm³/mol. The second kappa shape index (κ2) is 9.75. The molecule has 0 N–H and O–H groups in total. The summed E-state index contributed by atoms with van der Waals surface area (Å²) in [5.74, 6) is 2.58. The van der Waals surface area contributed by atoms with Gasteiger partial charge in [0.05, 0.1) is 5.82 Å². The Bertz CT molecular complexity index is 707. The van der Waals surface area contributed by atoms with E-state index in [0.29, 0.717) is 5.57 Å². The maximum Gasteiger partial charge on any atom is 0.279 e. The first-order valence-electron chi connectivity index (χ1n) is 7.12. The first-order valence-corrected chi connectivity index (χ1v) is 8.29. The molecule has 0 spiro atoms. The fourth-order valence-corrected chi connectivity index (χ4v) is 2.79. The predicted octanol–water partition coefficient (Wildman–Crippen LogP) is 4.51. The molecule has 2 nitrogen and oxygen atoms in total. The van der Waals surface area contributed by atoms with Gasteiger partial charge in [0.2, 0.25) is 0 Å². The van der Waals surface area contributed by atoms with Crippen LogP contribution in [0.2, 0.25) is 0 Å². The Morgan fingerprint density at radius 3 is 2.04 bits per heavy atom. The number of rotatable bonds is 5. The van der Waals surface area contributed by atoms with Crippen LogP contribution in [0, 0.1) is 5.82 Å². The van der Waals surface area contributed by atoms with Crippen molar-refractivity contribution in [2.24, 2.45) is 0 Å². The van der Waals surface area contributed by atoms with Gasteiger partial charge in [-0.25, -0.2) is 0 Å². The van der Waals surface area contributed by atoms with Gasteiger partial charge >= 0.3 is 0 Å². The molecule has 0 aliphatic rings. The van der Waals surface area contributed by atoms with Crippen molar-refractivity contribution in [3.05, 3.63) is 88.8 Å². The Labute approximate surface area is 153 Å². The summed E-state index contributed by atoms with van der Waals surface area (Å²) in [6.07, 6.45) is 0.792. The van der Waals surface area contributed by atoms with E-state index in [2.05, 4.69) is 17.9 Å². The zero-order chi connectivity index (χ0) is 15.9. The average molecular weight is 357 g/mol. The topological polar surface area (TPSA) is 40.1 Å². The fourth-order valence-electron chi connectivity index (χ4n) is 2.31. The van der Waals surface area contributed by atoms with Gasteiger partial charge in [-0.05, 0) is 12.0 Å². The van der Waals surface area contributed by atoms with E-state index >= 15 is 0 Å². The van der Waals surface area contributed by atoms with Crippen LogP contribution in [0.1, 0.15) is 25.0 Å². The molecule has 0 aliphatic heterocycles. The Kier molecular flexibility index (Phi) is 8.37. The summed E-state index contributed by atoms with van der Waals surface area (Å²) >= 11 is 0. The molecule has 0 heterocycles. The van der Waals surface area contributed by atoms with Gasteiger partial charge in [-0.3, -0.25) is 0 Å². The summed E-state index contributed by atoms with van der Waals surface area (Å²) in [4.78, 5) is 11.2. The molecule has 1 atom stereocenters. The first kappa shape index (κ1) is 19.7. The molecule has 2 rings (SSSR count). The SMILES string of the molecule is CC(Cc1ccccc1)=C(C)C(=[C-][P+](=O)[O-])c1ccccc1.[Ti]. The molecule has 0 aromatic heterocycles. The van der Waals surface area contributed by atoms with E-state index in [9.17, 15) is 9.46 Å². The van der Waals surface area contributed by atoms with Crippen molar-refractivity contribution in [1.82, 2.24) is 0 Å². The van der Waals surface area contributed by atoms with Crippen molar-refractivity contribution in [3.63, 3.8) is 0 Å². The van der Waals surface area contributed by atoms with Crippen LogP contribution in [-0.4, -0.2) is 0 Å². The van der Waals surface area contributed by atoms with Crippen molar-refractivity contribution in [1.29, 1.82) is 0 Å². The largest absolute Gasteiger partial charge is 0.602 e. The van der Waals surface area contributed by atoms with Crippen LogP contribution in [0.15, 0.2) is 71.8 Å². The molecule has 0 saturated carbocycles. The summed E-state index contributed by atoms with van der Waals surface area (Å²) in [5, 5.41) is 0. The molecule has 23 heavy (non-hydrogen) atoms. The number of hydrogen-bond acceptors (Lipinski definition) is 2. The van der Waals surface area contributed by atoms with Crippen LogP contribution in [0.4, 0.5) is 0 Å². The maximum atomic E-state index is 11.2. The molecule has 2 aromatic rings. The van der Waals surface area contributed by atoms with Gasteiger partial charge < -0.3 is 4.89 Å². The smallest absolute Gasteiger partial charge is 0.279 e. The summed E-state index contributed by atoms with van der Waals surface area (Å²) in [7, 11) is -2.70. The van der Waals surface area contributed by atoms with Crippen LogP contribution in [0.5, 0.6) is 0 Å². The minimum absolute atomic E-state index is 0. The second-order valence-corrected chi connectivity index (χ2v) is 5.92. The van der Waals surface area contributed by atoms with Crippen LogP contribution in [-0.2, 0) is 32.7 Å². The summed E-state index contributed by atoms with van der Waals surface area (Å²) in [5.41, 5.74) is 4.80. The van der Waals surface area contributed by atoms with E-state index in [4.69, 9.17) is 0 Å². The molecular formula is C19H18O2PTi-. The zero-order valence-electron chi connectivity index (χ0n) is 13.2. The third-order valence-electron chi connectivity index (χ3n) is 3.59. The number of benzene rings is 2. The Morgan fingerprint density at radius 1 is 1.00 bits per heavy atom. The summed E-state index contributed by atoms with van der Waals surface area (Å²) in [6.45, 7) is 3.98. The van der Waals surface area contributed by atoms with E-state index in [1.165, 1.54) is 5.56 Å². The van der Waals surface area contributed by atoms with Gasteiger partial charge in [0.25, 0.3) is 8.03 Å². The molecule has 4 heteroatoms. The van der Waals surface area contributed by atoms with Gasteiger partial charge in [0.15, 0.2) is 0 Å². The molecule has 0 saturated heterocycles. The number of allylic oxidation sites excluding steroid dienone is 3. The van der Waals surface area contributed by atoms with Crippen LogP contribution in [0.3, 0.4) is 0 Å². The van der Waals surface area contributed by atoms with E-state index in [0.717, 1.165) is 23.1 Å². The van der Waals surface area contributed by atoms with Crippen molar-refractivity contribution >= 4 is 13.6 Å². The van der Waals surface area contributed by atoms with Gasteiger partial charge in [0, 0.05) is 21.7 Å². The van der Waals surface area contributed by atoms with Crippen molar-refractivity contribution in [3.8, 4) is 0 Å². The molecule has 1 unspecified atom stereocenters. The van der Waals surface area contributed by atoms with Crippen LogP contribution >= 0.6 is 8.03 Å². The third kappa shape index (κ3) is 6.01. The van der Waals surface area contributed by atoms with E-state index < -0.39 is 8.03 Å². The molecule has 0 aliphatic carbocycles. The fraction of sp³-hybridized carbons (Fsp3) is 0.158.